The van der Waals surface area contributed by atoms with Gasteiger partial charge in [-0.1, -0.05) is 60.7 Å². The van der Waals surface area contributed by atoms with Crippen molar-refractivity contribution in [3.05, 3.63) is 72.9 Å². The molecular formula is C16H12N2Y. The molecule has 89 valence electrons. The van der Waals surface area contributed by atoms with E-state index in [2.05, 4.69) is 22.1 Å². The van der Waals surface area contributed by atoms with E-state index in [-0.39, 0.29) is 32.7 Å². The number of rotatable bonds is 2. The predicted molar refractivity (Wildman–Crippen MR) is 72.9 cm³/mol. The molecule has 0 aliphatic carbocycles. The third kappa shape index (κ3) is 3.34. The van der Waals surface area contributed by atoms with Crippen LogP contribution in [0.1, 0.15) is 0 Å². The van der Waals surface area contributed by atoms with Crippen molar-refractivity contribution in [2.45, 2.75) is 0 Å². The molecule has 0 aliphatic rings. The Hall–Kier alpha value is -1.38. The van der Waals surface area contributed by atoms with Gasteiger partial charge in [0.25, 0.3) is 0 Å². The summed E-state index contributed by atoms with van der Waals surface area (Å²) in [6.07, 6.45) is 1.80. The molecule has 1 radical (unpaired) electrons. The summed E-state index contributed by atoms with van der Waals surface area (Å²) in [6, 6.07) is 22.1. The third-order valence-electron chi connectivity index (χ3n) is 2.76. The van der Waals surface area contributed by atoms with Gasteiger partial charge in [-0.25, -0.2) is 9.97 Å². The zero-order valence-electron chi connectivity index (χ0n) is 10.4. The molecule has 3 heteroatoms. The summed E-state index contributed by atoms with van der Waals surface area (Å²) in [7, 11) is 0. The molecule has 0 atom stereocenters. The van der Waals surface area contributed by atoms with Gasteiger partial charge < -0.3 is 0 Å². The molecule has 2 nitrogen and oxygen atoms in total. The molecular weight excluding hydrogens is 309 g/mol. The van der Waals surface area contributed by atoms with Crippen molar-refractivity contribution in [2.75, 3.05) is 0 Å². The maximum Gasteiger partial charge on any atom is 0.159 e. The maximum absolute atomic E-state index is 4.60. The molecule has 0 saturated heterocycles. The van der Waals surface area contributed by atoms with Crippen LogP contribution in [0.25, 0.3) is 22.6 Å². The fraction of sp³-hybridized carbons (Fsp3) is 0. The zero-order chi connectivity index (χ0) is 12.2. The Morgan fingerprint density at radius 2 is 1.21 bits per heavy atom. The standard InChI is InChI=1S/C16H12N2.Y/c1-3-7-13(8-4-1)15-11-12-17-16(18-15)14-9-5-2-6-10-14;/h1-12H;. The smallest absolute Gasteiger partial charge is 0.159 e. The van der Waals surface area contributed by atoms with Gasteiger partial charge >= 0.3 is 0 Å². The summed E-state index contributed by atoms with van der Waals surface area (Å²) < 4.78 is 0. The first-order valence-corrected chi connectivity index (χ1v) is 5.87. The van der Waals surface area contributed by atoms with E-state index >= 15 is 0 Å². The summed E-state index contributed by atoms with van der Waals surface area (Å²) >= 11 is 0. The van der Waals surface area contributed by atoms with Gasteiger partial charge in [0.15, 0.2) is 5.82 Å². The van der Waals surface area contributed by atoms with Crippen molar-refractivity contribution < 1.29 is 32.7 Å². The summed E-state index contributed by atoms with van der Waals surface area (Å²) in [5.74, 6) is 0.761. The van der Waals surface area contributed by atoms with Crippen molar-refractivity contribution in [3.8, 4) is 22.6 Å². The van der Waals surface area contributed by atoms with E-state index in [9.17, 15) is 0 Å². The number of aromatic nitrogens is 2. The molecule has 0 fully saturated rings. The van der Waals surface area contributed by atoms with E-state index in [1.807, 2.05) is 54.6 Å². The van der Waals surface area contributed by atoms with Gasteiger partial charge in [0, 0.05) is 50.0 Å². The van der Waals surface area contributed by atoms with E-state index in [1.54, 1.807) is 6.20 Å². The average molecular weight is 321 g/mol. The van der Waals surface area contributed by atoms with Crippen LogP contribution >= 0.6 is 0 Å². The molecule has 1 heterocycles. The fourth-order valence-corrected chi connectivity index (χ4v) is 1.85. The monoisotopic (exact) mass is 321 g/mol. The topological polar surface area (TPSA) is 25.8 Å². The molecule has 1 aromatic heterocycles. The van der Waals surface area contributed by atoms with Gasteiger partial charge in [0.2, 0.25) is 0 Å². The predicted octanol–water partition coefficient (Wildman–Crippen LogP) is 3.81. The van der Waals surface area contributed by atoms with E-state index in [1.165, 1.54) is 0 Å². The quantitative estimate of drug-likeness (QED) is 0.717. The van der Waals surface area contributed by atoms with Gasteiger partial charge in [-0.3, -0.25) is 0 Å². The Bertz CT molecular complexity index is 584. The molecule has 3 rings (SSSR count). The molecule has 0 spiro atoms. The first-order chi connectivity index (χ1) is 8.93. The summed E-state index contributed by atoms with van der Waals surface area (Å²) in [4.78, 5) is 8.93. The van der Waals surface area contributed by atoms with Crippen molar-refractivity contribution in [1.82, 2.24) is 9.97 Å². The maximum atomic E-state index is 4.60. The molecule has 19 heavy (non-hydrogen) atoms. The van der Waals surface area contributed by atoms with Crippen LogP contribution in [0.3, 0.4) is 0 Å². The first-order valence-electron chi connectivity index (χ1n) is 5.87. The fourth-order valence-electron chi connectivity index (χ4n) is 1.85. The second kappa shape index (κ2) is 6.69. The number of hydrogen-bond donors (Lipinski definition) is 0. The van der Waals surface area contributed by atoms with E-state index in [0.29, 0.717) is 0 Å². The van der Waals surface area contributed by atoms with Gasteiger partial charge in [-0.15, -0.1) is 0 Å². The molecule has 0 unspecified atom stereocenters. The van der Waals surface area contributed by atoms with Gasteiger partial charge in [-0.05, 0) is 6.07 Å². The van der Waals surface area contributed by atoms with Crippen molar-refractivity contribution in [1.29, 1.82) is 0 Å². The molecule has 3 aromatic rings. The second-order valence-corrected chi connectivity index (χ2v) is 4.00. The minimum atomic E-state index is 0. The Morgan fingerprint density at radius 1 is 0.632 bits per heavy atom. The van der Waals surface area contributed by atoms with Gasteiger partial charge in [0.05, 0.1) is 5.69 Å². The van der Waals surface area contributed by atoms with Crippen LogP contribution in [0, 0.1) is 0 Å². The third-order valence-corrected chi connectivity index (χ3v) is 2.76. The number of nitrogens with zero attached hydrogens (tertiary/aromatic N) is 2. The summed E-state index contributed by atoms with van der Waals surface area (Å²) in [6.45, 7) is 0. The summed E-state index contributed by atoms with van der Waals surface area (Å²) in [5.41, 5.74) is 3.09. The Morgan fingerprint density at radius 3 is 1.84 bits per heavy atom. The minimum Gasteiger partial charge on any atom is -0.237 e. The van der Waals surface area contributed by atoms with Crippen LogP contribution in [0.4, 0.5) is 0 Å². The molecule has 0 N–H and O–H groups in total. The van der Waals surface area contributed by atoms with Crippen LogP contribution in [-0.2, 0) is 32.7 Å². The average Bonchev–Trinajstić information content (AvgIpc) is 2.49. The zero-order valence-corrected chi connectivity index (χ0v) is 13.2. The van der Waals surface area contributed by atoms with E-state index in [0.717, 1.165) is 22.6 Å². The van der Waals surface area contributed by atoms with Gasteiger partial charge in [0.1, 0.15) is 0 Å². The first kappa shape index (κ1) is 14.0. The summed E-state index contributed by atoms with van der Waals surface area (Å²) in [5, 5.41) is 0. The van der Waals surface area contributed by atoms with Crippen LogP contribution in [0.5, 0.6) is 0 Å². The van der Waals surface area contributed by atoms with E-state index < -0.39 is 0 Å². The number of hydrogen-bond acceptors (Lipinski definition) is 2. The largest absolute Gasteiger partial charge is 0.237 e. The Balaban J connectivity index is 0.00000133. The molecule has 2 aromatic carbocycles. The molecule has 0 aliphatic heterocycles. The molecule has 0 amide bonds. The van der Waals surface area contributed by atoms with Crippen molar-refractivity contribution in [3.63, 3.8) is 0 Å². The van der Waals surface area contributed by atoms with Crippen LogP contribution in [0.2, 0.25) is 0 Å². The van der Waals surface area contributed by atoms with Gasteiger partial charge in [-0.2, -0.15) is 0 Å². The van der Waals surface area contributed by atoms with Crippen molar-refractivity contribution in [2.24, 2.45) is 0 Å². The molecule has 0 bridgehead atoms. The van der Waals surface area contributed by atoms with Crippen LogP contribution in [0.15, 0.2) is 72.9 Å². The number of benzene rings is 2. The van der Waals surface area contributed by atoms with Crippen LogP contribution < -0.4 is 0 Å². The molecule has 0 saturated carbocycles. The minimum absolute atomic E-state index is 0. The normalized spacial score (nSPS) is 9.68. The van der Waals surface area contributed by atoms with Crippen LogP contribution in [-0.4, -0.2) is 9.97 Å². The Kier molecular flexibility index (Phi) is 4.95. The second-order valence-electron chi connectivity index (χ2n) is 4.00. The van der Waals surface area contributed by atoms with E-state index in [4.69, 9.17) is 0 Å². The van der Waals surface area contributed by atoms with Crippen molar-refractivity contribution >= 4 is 0 Å². The SMILES string of the molecule is [Y].c1ccc(-c2ccnc(-c3ccccc3)n2)cc1. The Labute approximate surface area is 137 Å².